The van der Waals surface area contributed by atoms with Gasteiger partial charge in [0.1, 0.15) is 0 Å². The van der Waals surface area contributed by atoms with Crippen LogP contribution in [0.15, 0.2) is 0 Å². The zero-order chi connectivity index (χ0) is 12.4. The van der Waals surface area contributed by atoms with Crippen LogP contribution in [0.1, 0.15) is 93.1 Å². The number of aromatic nitrogens is 1. The lowest BCUT2D eigenvalue weighted by atomic mass is 9.90. The zero-order valence-electron chi connectivity index (χ0n) is 11.6. The second kappa shape index (κ2) is 5.51. The Bertz CT molecular complexity index is 333. The average molecular weight is 251 g/mol. The summed E-state index contributed by atoms with van der Waals surface area (Å²) in [4.78, 5) is 6.50. The first kappa shape index (κ1) is 13.1. The molecule has 0 atom stereocenters. The van der Waals surface area contributed by atoms with Gasteiger partial charge in [0.05, 0.1) is 10.7 Å². The highest BCUT2D eigenvalue weighted by Crippen LogP contribution is 2.39. The van der Waals surface area contributed by atoms with Crippen molar-refractivity contribution in [3.05, 3.63) is 15.6 Å². The second-order valence-electron chi connectivity index (χ2n) is 5.95. The van der Waals surface area contributed by atoms with Gasteiger partial charge in [-0.2, -0.15) is 0 Å². The van der Waals surface area contributed by atoms with Gasteiger partial charge in [-0.3, -0.25) is 0 Å². The lowest BCUT2D eigenvalue weighted by molar-refractivity contribution is 0.441. The number of hydrogen-bond acceptors (Lipinski definition) is 2. The molecule has 0 N–H and O–H groups in total. The van der Waals surface area contributed by atoms with Crippen molar-refractivity contribution in [3.8, 4) is 0 Å². The van der Waals surface area contributed by atoms with Gasteiger partial charge in [-0.1, -0.05) is 47.0 Å². The first-order valence-corrected chi connectivity index (χ1v) is 7.91. The average Bonchev–Trinajstić information content (AvgIpc) is 2.75. The summed E-state index contributed by atoms with van der Waals surface area (Å²) in [6, 6.07) is 0. The summed E-state index contributed by atoms with van der Waals surface area (Å²) in [5, 5.41) is 1.43. The van der Waals surface area contributed by atoms with E-state index in [-0.39, 0.29) is 0 Å². The molecule has 0 bridgehead atoms. The predicted octanol–water partition coefficient (Wildman–Crippen LogP) is 5.44. The molecular weight excluding hydrogens is 226 g/mol. The summed E-state index contributed by atoms with van der Waals surface area (Å²) < 4.78 is 0. The quantitative estimate of drug-likeness (QED) is 0.697. The summed E-state index contributed by atoms with van der Waals surface area (Å²) in [5.41, 5.74) is 1.37. The highest BCUT2D eigenvalue weighted by molar-refractivity contribution is 7.12. The fraction of sp³-hybridized carbons (Fsp3) is 0.800. The van der Waals surface area contributed by atoms with Crippen molar-refractivity contribution in [2.24, 2.45) is 0 Å². The Morgan fingerprint density at radius 2 is 1.65 bits per heavy atom. The lowest BCUT2D eigenvalue weighted by Crippen LogP contribution is -2.04. The molecule has 2 heteroatoms. The molecule has 0 amide bonds. The molecule has 1 aromatic rings. The third-order valence-electron chi connectivity index (χ3n) is 3.72. The van der Waals surface area contributed by atoms with Crippen LogP contribution >= 0.6 is 11.3 Å². The molecule has 96 valence electrons. The maximum Gasteiger partial charge on any atom is 0.0962 e. The molecule has 17 heavy (non-hydrogen) atoms. The van der Waals surface area contributed by atoms with Gasteiger partial charge in [0, 0.05) is 10.8 Å². The Morgan fingerprint density at radius 3 is 2.12 bits per heavy atom. The highest BCUT2D eigenvalue weighted by atomic mass is 32.1. The van der Waals surface area contributed by atoms with Gasteiger partial charge in [0.25, 0.3) is 0 Å². The fourth-order valence-electron chi connectivity index (χ4n) is 2.71. The van der Waals surface area contributed by atoms with Crippen molar-refractivity contribution >= 4 is 11.3 Å². The van der Waals surface area contributed by atoms with Crippen LogP contribution in [0.3, 0.4) is 0 Å². The van der Waals surface area contributed by atoms with Crippen molar-refractivity contribution in [1.29, 1.82) is 0 Å². The Hall–Kier alpha value is -0.370. The molecule has 0 radical (unpaired) electrons. The van der Waals surface area contributed by atoms with Crippen LogP contribution < -0.4 is 0 Å². The van der Waals surface area contributed by atoms with Crippen LogP contribution in [0, 0.1) is 0 Å². The largest absolute Gasteiger partial charge is 0.245 e. The van der Waals surface area contributed by atoms with E-state index in [0.717, 1.165) is 5.92 Å². The van der Waals surface area contributed by atoms with Crippen LogP contribution in [-0.4, -0.2) is 4.98 Å². The zero-order valence-corrected chi connectivity index (χ0v) is 12.4. The van der Waals surface area contributed by atoms with E-state index in [1.807, 2.05) is 11.3 Å². The van der Waals surface area contributed by atoms with Gasteiger partial charge in [0.2, 0.25) is 0 Å². The van der Waals surface area contributed by atoms with E-state index in [0.29, 0.717) is 11.8 Å². The first-order valence-electron chi connectivity index (χ1n) is 7.10. The maximum atomic E-state index is 4.97. The van der Waals surface area contributed by atoms with E-state index in [2.05, 4.69) is 27.7 Å². The van der Waals surface area contributed by atoms with Gasteiger partial charge in [-0.15, -0.1) is 11.3 Å². The smallest absolute Gasteiger partial charge is 0.0962 e. The Balaban J connectivity index is 2.26. The molecule has 1 heterocycles. The SMILES string of the molecule is CC(C)c1nc(C2CCCCC2)sc1C(C)C. The van der Waals surface area contributed by atoms with Gasteiger partial charge in [-0.25, -0.2) is 4.98 Å². The van der Waals surface area contributed by atoms with Crippen molar-refractivity contribution in [2.75, 3.05) is 0 Å². The van der Waals surface area contributed by atoms with Gasteiger partial charge in [-0.05, 0) is 24.7 Å². The standard InChI is InChI=1S/C15H25NS/c1-10(2)13-14(11(3)4)17-15(16-13)12-8-6-5-7-9-12/h10-12H,5-9H2,1-4H3. The fourth-order valence-corrected chi connectivity index (χ4v) is 4.11. The predicted molar refractivity (Wildman–Crippen MR) is 76.1 cm³/mol. The molecule has 0 spiro atoms. The van der Waals surface area contributed by atoms with Crippen LogP contribution in [0.2, 0.25) is 0 Å². The molecule has 0 saturated heterocycles. The summed E-state index contributed by atoms with van der Waals surface area (Å²) in [5.74, 6) is 1.96. The van der Waals surface area contributed by atoms with Gasteiger partial charge in [0.15, 0.2) is 0 Å². The monoisotopic (exact) mass is 251 g/mol. The van der Waals surface area contributed by atoms with Crippen molar-refractivity contribution in [3.63, 3.8) is 0 Å². The van der Waals surface area contributed by atoms with Gasteiger partial charge >= 0.3 is 0 Å². The topological polar surface area (TPSA) is 12.9 Å². The van der Waals surface area contributed by atoms with Crippen LogP contribution in [0.25, 0.3) is 0 Å². The lowest BCUT2D eigenvalue weighted by Gasteiger charge is -2.19. The Labute approximate surface area is 110 Å². The molecule has 1 saturated carbocycles. The highest BCUT2D eigenvalue weighted by Gasteiger charge is 2.23. The molecule has 1 aliphatic rings. The summed E-state index contributed by atoms with van der Waals surface area (Å²) >= 11 is 1.99. The van der Waals surface area contributed by atoms with E-state index in [1.165, 1.54) is 47.7 Å². The number of thiazole rings is 1. The molecule has 2 rings (SSSR count). The van der Waals surface area contributed by atoms with E-state index in [1.54, 1.807) is 0 Å². The first-order chi connectivity index (χ1) is 8.09. The van der Waals surface area contributed by atoms with E-state index >= 15 is 0 Å². The molecule has 1 nitrogen and oxygen atoms in total. The van der Waals surface area contributed by atoms with Crippen LogP contribution in [-0.2, 0) is 0 Å². The molecule has 1 aromatic heterocycles. The van der Waals surface area contributed by atoms with Crippen molar-refractivity contribution < 1.29 is 0 Å². The minimum absolute atomic E-state index is 0.570. The Morgan fingerprint density at radius 1 is 1.00 bits per heavy atom. The third kappa shape index (κ3) is 2.90. The second-order valence-corrected chi connectivity index (χ2v) is 7.01. The summed E-state index contributed by atoms with van der Waals surface area (Å²) in [6.07, 6.45) is 6.96. The maximum absolute atomic E-state index is 4.97. The van der Waals surface area contributed by atoms with Crippen LogP contribution in [0.4, 0.5) is 0 Å². The van der Waals surface area contributed by atoms with Crippen molar-refractivity contribution in [2.45, 2.75) is 77.6 Å². The summed E-state index contributed by atoms with van der Waals surface area (Å²) in [6.45, 7) is 9.13. The number of nitrogens with zero attached hydrogens (tertiary/aromatic N) is 1. The minimum Gasteiger partial charge on any atom is -0.245 e. The molecule has 1 fully saturated rings. The number of hydrogen-bond donors (Lipinski definition) is 0. The van der Waals surface area contributed by atoms with Gasteiger partial charge < -0.3 is 0 Å². The minimum atomic E-state index is 0.570. The third-order valence-corrected chi connectivity index (χ3v) is 5.26. The van der Waals surface area contributed by atoms with E-state index < -0.39 is 0 Å². The van der Waals surface area contributed by atoms with E-state index in [4.69, 9.17) is 4.98 Å². The van der Waals surface area contributed by atoms with Crippen molar-refractivity contribution in [1.82, 2.24) is 4.98 Å². The van der Waals surface area contributed by atoms with Crippen LogP contribution in [0.5, 0.6) is 0 Å². The molecule has 1 aliphatic carbocycles. The molecule has 0 unspecified atom stereocenters. The Kier molecular flexibility index (Phi) is 4.24. The normalized spacial score (nSPS) is 18.2. The molecule has 0 aliphatic heterocycles. The van der Waals surface area contributed by atoms with E-state index in [9.17, 15) is 0 Å². The molecular formula is C15H25NS. The summed E-state index contributed by atoms with van der Waals surface area (Å²) in [7, 11) is 0. The molecule has 0 aromatic carbocycles. The number of rotatable bonds is 3.